The first-order chi connectivity index (χ1) is 13.0. The molecule has 0 spiro atoms. The Morgan fingerprint density at radius 1 is 1.19 bits per heavy atom. The Morgan fingerprint density at radius 3 is 2.70 bits per heavy atom. The number of hydrazine groups is 2. The van der Waals surface area contributed by atoms with Gasteiger partial charge in [0.05, 0.1) is 12.0 Å². The maximum atomic E-state index is 13.1. The molecule has 0 saturated carbocycles. The van der Waals surface area contributed by atoms with Crippen LogP contribution in [0.15, 0.2) is 48.5 Å². The number of hydrogen-bond acceptors (Lipinski definition) is 5. The molecule has 1 saturated heterocycles. The Balaban J connectivity index is 1.49. The summed E-state index contributed by atoms with van der Waals surface area (Å²) < 4.78 is 18.5. The van der Waals surface area contributed by atoms with Crippen LogP contribution < -0.4 is 26.4 Å². The van der Waals surface area contributed by atoms with E-state index < -0.39 is 11.8 Å². The van der Waals surface area contributed by atoms with Crippen molar-refractivity contribution in [1.82, 2.24) is 21.7 Å². The minimum Gasteiger partial charge on any atom is -0.484 e. The number of nitrogens with one attached hydrogen (secondary N) is 4. The zero-order valence-corrected chi connectivity index (χ0v) is 14.8. The van der Waals surface area contributed by atoms with Crippen molar-refractivity contribution in [3.63, 3.8) is 0 Å². The van der Waals surface area contributed by atoms with Crippen molar-refractivity contribution < 1.29 is 18.7 Å². The van der Waals surface area contributed by atoms with Crippen LogP contribution in [0, 0.1) is 18.7 Å². The van der Waals surface area contributed by atoms with Gasteiger partial charge in [-0.1, -0.05) is 24.3 Å². The van der Waals surface area contributed by atoms with E-state index in [0.29, 0.717) is 12.3 Å². The fourth-order valence-electron chi connectivity index (χ4n) is 2.84. The molecule has 0 bridgehead atoms. The van der Waals surface area contributed by atoms with Crippen molar-refractivity contribution in [2.45, 2.75) is 13.0 Å². The zero-order chi connectivity index (χ0) is 19.2. The Hall–Kier alpha value is -2.97. The summed E-state index contributed by atoms with van der Waals surface area (Å²) in [6.45, 7) is 2.09. The normalized spacial score (nSPS) is 18.7. The third-order valence-electron chi connectivity index (χ3n) is 4.23. The molecule has 2 unspecified atom stereocenters. The average molecular weight is 372 g/mol. The Morgan fingerprint density at radius 2 is 1.96 bits per heavy atom. The molecule has 0 radical (unpaired) electrons. The number of aryl methyl sites for hydroxylation is 1. The third kappa shape index (κ3) is 5.02. The van der Waals surface area contributed by atoms with E-state index in [1.54, 1.807) is 18.2 Å². The molecule has 2 aromatic rings. The molecule has 1 heterocycles. The number of benzene rings is 2. The molecule has 2 amide bonds. The fraction of sp³-hybridized carbons (Fsp3) is 0.263. The first kappa shape index (κ1) is 18.8. The highest BCUT2D eigenvalue weighted by molar-refractivity contribution is 5.84. The lowest BCUT2D eigenvalue weighted by molar-refractivity contribution is -0.132. The molecule has 142 valence electrons. The average Bonchev–Trinajstić information content (AvgIpc) is 3.15. The second kappa shape index (κ2) is 8.61. The summed E-state index contributed by atoms with van der Waals surface area (Å²) in [6.07, 6.45) is 0. The van der Waals surface area contributed by atoms with E-state index in [1.807, 2.05) is 25.1 Å². The molecule has 1 fully saturated rings. The van der Waals surface area contributed by atoms with Crippen molar-refractivity contribution in [2.75, 3.05) is 13.2 Å². The number of ether oxygens (including phenoxy) is 1. The monoisotopic (exact) mass is 372 g/mol. The van der Waals surface area contributed by atoms with Crippen LogP contribution in [0.5, 0.6) is 5.75 Å². The predicted molar refractivity (Wildman–Crippen MR) is 96.7 cm³/mol. The van der Waals surface area contributed by atoms with Gasteiger partial charge in [-0.15, -0.1) is 0 Å². The van der Waals surface area contributed by atoms with Gasteiger partial charge in [0, 0.05) is 6.54 Å². The smallest absolute Gasteiger partial charge is 0.276 e. The number of rotatable bonds is 5. The third-order valence-corrected chi connectivity index (χ3v) is 4.23. The lowest BCUT2D eigenvalue weighted by atomic mass is 9.94. The second-order valence-corrected chi connectivity index (χ2v) is 6.30. The van der Waals surface area contributed by atoms with Gasteiger partial charge in [-0.25, -0.2) is 9.82 Å². The summed E-state index contributed by atoms with van der Waals surface area (Å²) in [5.74, 6) is -1.05. The Labute approximate surface area is 156 Å². The van der Waals surface area contributed by atoms with Crippen LogP contribution >= 0.6 is 0 Å². The molecule has 0 aliphatic carbocycles. The minimum absolute atomic E-state index is 0.216. The van der Waals surface area contributed by atoms with E-state index >= 15 is 0 Å². The molecule has 2 aromatic carbocycles. The maximum Gasteiger partial charge on any atom is 0.276 e. The molecule has 7 nitrogen and oxygen atoms in total. The molecular weight excluding hydrogens is 351 g/mol. The Kier molecular flexibility index (Phi) is 6.00. The van der Waals surface area contributed by atoms with Gasteiger partial charge in [0.15, 0.2) is 6.61 Å². The first-order valence-corrected chi connectivity index (χ1v) is 8.55. The molecule has 2 atom stereocenters. The maximum absolute atomic E-state index is 13.1. The van der Waals surface area contributed by atoms with E-state index in [-0.39, 0.29) is 24.4 Å². The fourth-order valence-corrected chi connectivity index (χ4v) is 2.84. The number of halogens is 1. The highest BCUT2D eigenvalue weighted by Crippen LogP contribution is 2.25. The van der Waals surface area contributed by atoms with Crippen molar-refractivity contribution in [2.24, 2.45) is 5.92 Å². The van der Waals surface area contributed by atoms with Gasteiger partial charge in [0.2, 0.25) is 5.91 Å². The first-order valence-electron chi connectivity index (χ1n) is 8.55. The number of hydrogen-bond donors (Lipinski definition) is 4. The number of amides is 2. The van der Waals surface area contributed by atoms with Gasteiger partial charge in [-0.2, -0.15) is 0 Å². The van der Waals surface area contributed by atoms with E-state index in [0.717, 1.165) is 11.1 Å². The van der Waals surface area contributed by atoms with E-state index in [2.05, 4.69) is 21.7 Å². The van der Waals surface area contributed by atoms with E-state index in [9.17, 15) is 14.0 Å². The molecular formula is C19H21FN4O3. The summed E-state index contributed by atoms with van der Waals surface area (Å²) in [7, 11) is 0. The van der Waals surface area contributed by atoms with Gasteiger partial charge >= 0.3 is 0 Å². The van der Waals surface area contributed by atoms with Gasteiger partial charge in [0.1, 0.15) is 11.6 Å². The second-order valence-electron chi connectivity index (χ2n) is 6.30. The van der Waals surface area contributed by atoms with E-state index in [4.69, 9.17) is 4.74 Å². The van der Waals surface area contributed by atoms with Crippen molar-refractivity contribution >= 4 is 11.8 Å². The van der Waals surface area contributed by atoms with Gasteiger partial charge in [0.25, 0.3) is 5.91 Å². The van der Waals surface area contributed by atoms with Crippen molar-refractivity contribution in [3.8, 4) is 5.75 Å². The summed E-state index contributed by atoms with van der Waals surface area (Å²) in [4.78, 5) is 24.3. The van der Waals surface area contributed by atoms with Crippen LogP contribution in [0.4, 0.5) is 4.39 Å². The molecule has 1 aliphatic heterocycles. The highest BCUT2D eigenvalue weighted by Gasteiger charge is 2.34. The minimum atomic E-state index is -0.470. The SMILES string of the molecule is Cc1cccc(OCC(=O)NNC(=O)C2CNNC2c2ccc(F)cc2)c1. The summed E-state index contributed by atoms with van der Waals surface area (Å²) in [6, 6.07) is 12.9. The molecule has 3 rings (SSSR count). The lowest BCUT2D eigenvalue weighted by Crippen LogP contribution is -2.47. The topological polar surface area (TPSA) is 91.5 Å². The molecule has 27 heavy (non-hydrogen) atoms. The van der Waals surface area contributed by atoms with E-state index in [1.165, 1.54) is 12.1 Å². The van der Waals surface area contributed by atoms with Crippen LogP contribution in [-0.4, -0.2) is 25.0 Å². The highest BCUT2D eigenvalue weighted by atomic mass is 19.1. The molecule has 1 aliphatic rings. The van der Waals surface area contributed by atoms with Crippen molar-refractivity contribution in [3.05, 3.63) is 65.5 Å². The van der Waals surface area contributed by atoms with Crippen molar-refractivity contribution in [1.29, 1.82) is 0 Å². The van der Waals surface area contributed by atoms with Crippen LogP contribution in [-0.2, 0) is 9.59 Å². The molecule has 8 heteroatoms. The summed E-state index contributed by atoms with van der Waals surface area (Å²) in [5, 5.41) is 0. The summed E-state index contributed by atoms with van der Waals surface area (Å²) in [5.41, 5.74) is 12.5. The molecule has 4 N–H and O–H groups in total. The van der Waals surface area contributed by atoms with Crippen LogP contribution in [0.25, 0.3) is 0 Å². The summed E-state index contributed by atoms with van der Waals surface area (Å²) >= 11 is 0. The number of carbonyl (C=O) groups is 2. The number of carbonyl (C=O) groups excluding carboxylic acids is 2. The van der Waals surface area contributed by atoms with Gasteiger partial charge in [-0.05, 0) is 42.3 Å². The van der Waals surface area contributed by atoms with Gasteiger partial charge in [-0.3, -0.25) is 25.9 Å². The quantitative estimate of drug-likeness (QED) is 0.591. The van der Waals surface area contributed by atoms with Crippen LogP contribution in [0.1, 0.15) is 17.2 Å². The predicted octanol–water partition coefficient (Wildman–Crippen LogP) is 1.13. The standard InChI is InChI=1S/C19H21FN4O3/c1-12-3-2-4-15(9-12)27-11-17(25)22-24-19(26)16-10-21-23-18(16)13-5-7-14(20)8-6-13/h2-9,16,18,21,23H,10-11H2,1H3,(H,22,25)(H,24,26). The largest absolute Gasteiger partial charge is 0.484 e. The lowest BCUT2D eigenvalue weighted by Gasteiger charge is -2.18. The zero-order valence-electron chi connectivity index (χ0n) is 14.8. The van der Waals surface area contributed by atoms with Crippen LogP contribution in [0.3, 0.4) is 0 Å². The van der Waals surface area contributed by atoms with Crippen LogP contribution in [0.2, 0.25) is 0 Å². The van der Waals surface area contributed by atoms with Gasteiger partial charge < -0.3 is 4.74 Å². The molecule has 0 aromatic heterocycles. The Bertz CT molecular complexity index is 813.